The molecule has 58 valence electrons. The van der Waals surface area contributed by atoms with Crippen LogP contribution < -0.4 is 5.69 Å². The van der Waals surface area contributed by atoms with Crippen LogP contribution in [0.2, 0.25) is 0 Å². The Bertz CT molecular complexity index is 285. The van der Waals surface area contributed by atoms with Crippen molar-refractivity contribution in [3.63, 3.8) is 0 Å². The first-order valence-corrected chi connectivity index (χ1v) is 4.22. The molecule has 0 amide bonds. The molecule has 0 unspecified atom stereocenters. The topological polar surface area (TPSA) is 45.8 Å². The third kappa shape index (κ3) is 2.67. The highest BCUT2D eigenvalue weighted by molar-refractivity contribution is 9.09. The molecule has 1 aromatic rings. The lowest BCUT2D eigenvalue weighted by Gasteiger charge is -1.87. The van der Waals surface area contributed by atoms with Gasteiger partial charge in [0.05, 0.1) is 0 Å². The standard InChI is InChI=1S/C7H7BrN2O/c8-3-1-2-6-4-9-7(11)10-5-6/h1-2,4-5H,3H2,(H,9,10,11). The van der Waals surface area contributed by atoms with Crippen molar-refractivity contribution in [3.8, 4) is 0 Å². The molecule has 4 heteroatoms. The molecular weight excluding hydrogens is 208 g/mol. The van der Waals surface area contributed by atoms with Gasteiger partial charge in [0, 0.05) is 23.3 Å². The fraction of sp³-hybridized carbons (Fsp3) is 0.143. The number of hydrogen-bond acceptors (Lipinski definition) is 2. The Morgan fingerprint density at radius 3 is 3.09 bits per heavy atom. The van der Waals surface area contributed by atoms with Crippen LogP contribution in [-0.4, -0.2) is 15.3 Å². The van der Waals surface area contributed by atoms with Crippen LogP contribution in [-0.2, 0) is 0 Å². The zero-order chi connectivity index (χ0) is 8.10. The minimum atomic E-state index is -0.319. The molecule has 0 aromatic carbocycles. The Morgan fingerprint density at radius 1 is 1.73 bits per heavy atom. The molecule has 0 fully saturated rings. The van der Waals surface area contributed by atoms with E-state index >= 15 is 0 Å². The maximum Gasteiger partial charge on any atom is 0.344 e. The van der Waals surface area contributed by atoms with Crippen LogP contribution in [0.25, 0.3) is 6.08 Å². The minimum absolute atomic E-state index is 0.319. The van der Waals surface area contributed by atoms with E-state index in [1.54, 1.807) is 6.20 Å². The molecule has 0 bridgehead atoms. The quantitative estimate of drug-likeness (QED) is 0.752. The van der Waals surface area contributed by atoms with E-state index in [0.717, 1.165) is 10.9 Å². The number of aromatic nitrogens is 2. The molecular formula is C7H7BrN2O. The van der Waals surface area contributed by atoms with E-state index in [4.69, 9.17) is 0 Å². The average Bonchev–Trinajstić information content (AvgIpc) is 2.04. The number of rotatable bonds is 2. The predicted molar refractivity (Wildman–Crippen MR) is 47.7 cm³/mol. The van der Waals surface area contributed by atoms with E-state index in [9.17, 15) is 4.79 Å². The summed E-state index contributed by atoms with van der Waals surface area (Å²) in [5.41, 5.74) is 0.574. The van der Waals surface area contributed by atoms with Crippen molar-refractivity contribution >= 4 is 22.0 Å². The summed E-state index contributed by atoms with van der Waals surface area (Å²) in [7, 11) is 0. The molecule has 0 atom stereocenters. The van der Waals surface area contributed by atoms with Gasteiger partial charge in [-0.25, -0.2) is 9.78 Å². The number of halogens is 1. The van der Waals surface area contributed by atoms with E-state index in [1.165, 1.54) is 6.20 Å². The molecule has 0 radical (unpaired) electrons. The van der Waals surface area contributed by atoms with E-state index in [1.807, 2.05) is 12.2 Å². The minimum Gasteiger partial charge on any atom is -0.312 e. The summed E-state index contributed by atoms with van der Waals surface area (Å²) in [6.45, 7) is 0. The van der Waals surface area contributed by atoms with Gasteiger partial charge in [-0.15, -0.1) is 0 Å². The molecule has 1 rings (SSSR count). The lowest BCUT2D eigenvalue weighted by molar-refractivity contribution is 1.07. The Morgan fingerprint density at radius 2 is 2.55 bits per heavy atom. The van der Waals surface area contributed by atoms with Gasteiger partial charge in [-0.1, -0.05) is 28.1 Å². The largest absolute Gasteiger partial charge is 0.344 e. The molecule has 0 aliphatic carbocycles. The Hall–Kier alpha value is -0.900. The van der Waals surface area contributed by atoms with Crippen LogP contribution in [0, 0.1) is 0 Å². The molecule has 1 aromatic heterocycles. The van der Waals surface area contributed by atoms with Crippen LogP contribution in [0.15, 0.2) is 23.3 Å². The summed E-state index contributed by atoms with van der Waals surface area (Å²) in [5.74, 6) is 0. The molecule has 3 nitrogen and oxygen atoms in total. The summed E-state index contributed by atoms with van der Waals surface area (Å²) in [4.78, 5) is 16.5. The summed E-state index contributed by atoms with van der Waals surface area (Å²) in [6.07, 6.45) is 6.94. The van der Waals surface area contributed by atoms with Crippen LogP contribution in [0.1, 0.15) is 5.56 Å². The second-order valence-corrected chi connectivity index (χ2v) is 2.56. The second kappa shape index (κ2) is 4.08. The highest BCUT2D eigenvalue weighted by atomic mass is 79.9. The number of nitrogens with one attached hydrogen (secondary N) is 1. The second-order valence-electron chi connectivity index (χ2n) is 1.91. The smallest absolute Gasteiger partial charge is 0.312 e. The van der Waals surface area contributed by atoms with Crippen molar-refractivity contribution in [2.24, 2.45) is 0 Å². The number of aromatic amines is 1. The molecule has 11 heavy (non-hydrogen) atoms. The summed E-state index contributed by atoms with van der Waals surface area (Å²) in [5, 5.41) is 0.798. The average molecular weight is 215 g/mol. The number of H-pyrrole nitrogens is 1. The molecule has 0 saturated heterocycles. The SMILES string of the molecule is O=c1ncc(C=CCBr)c[nH]1. The fourth-order valence-electron chi connectivity index (χ4n) is 0.625. The number of alkyl halides is 1. The van der Waals surface area contributed by atoms with Crippen LogP contribution in [0.4, 0.5) is 0 Å². The zero-order valence-corrected chi connectivity index (χ0v) is 7.34. The van der Waals surface area contributed by atoms with E-state index in [-0.39, 0.29) is 5.69 Å². The third-order valence-corrected chi connectivity index (χ3v) is 1.47. The number of hydrogen-bond donors (Lipinski definition) is 1. The van der Waals surface area contributed by atoms with Gasteiger partial charge in [-0.05, 0) is 0 Å². The molecule has 1 N–H and O–H groups in total. The lowest BCUT2D eigenvalue weighted by Crippen LogP contribution is -2.07. The van der Waals surface area contributed by atoms with Gasteiger partial charge in [-0.2, -0.15) is 0 Å². The maximum atomic E-state index is 10.5. The van der Waals surface area contributed by atoms with Crippen molar-refractivity contribution < 1.29 is 0 Å². The Kier molecular flexibility index (Phi) is 3.04. The highest BCUT2D eigenvalue weighted by Crippen LogP contribution is 1.95. The monoisotopic (exact) mass is 214 g/mol. The number of allylic oxidation sites excluding steroid dienone is 1. The summed E-state index contributed by atoms with van der Waals surface area (Å²) in [6, 6.07) is 0. The Balaban J connectivity index is 2.82. The summed E-state index contributed by atoms with van der Waals surface area (Å²) >= 11 is 3.24. The van der Waals surface area contributed by atoms with Crippen molar-refractivity contribution in [2.45, 2.75) is 0 Å². The van der Waals surface area contributed by atoms with E-state index < -0.39 is 0 Å². The van der Waals surface area contributed by atoms with Gasteiger partial charge in [0.1, 0.15) is 0 Å². The Labute approximate surface area is 72.3 Å². The number of nitrogens with zero attached hydrogens (tertiary/aromatic N) is 1. The molecule has 0 aliphatic heterocycles. The zero-order valence-electron chi connectivity index (χ0n) is 5.75. The van der Waals surface area contributed by atoms with Gasteiger partial charge in [0.2, 0.25) is 0 Å². The normalized spacial score (nSPS) is 10.6. The lowest BCUT2D eigenvalue weighted by atomic mass is 10.3. The first-order valence-electron chi connectivity index (χ1n) is 3.10. The van der Waals surface area contributed by atoms with Crippen LogP contribution in [0.3, 0.4) is 0 Å². The van der Waals surface area contributed by atoms with Crippen LogP contribution >= 0.6 is 15.9 Å². The van der Waals surface area contributed by atoms with Gasteiger partial charge < -0.3 is 4.98 Å². The van der Waals surface area contributed by atoms with Gasteiger partial charge in [-0.3, -0.25) is 0 Å². The highest BCUT2D eigenvalue weighted by Gasteiger charge is 1.85. The van der Waals surface area contributed by atoms with Crippen LogP contribution in [0.5, 0.6) is 0 Å². The molecule has 1 heterocycles. The molecule has 0 aliphatic rings. The third-order valence-electron chi connectivity index (χ3n) is 1.09. The maximum absolute atomic E-state index is 10.5. The molecule has 0 saturated carbocycles. The van der Waals surface area contributed by atoms with Crippen molar-refractivity contribution in [1.82, 2.24) is 9.97 Å². The first-order chi connectivity index (χ1) is 5.33. The fourth-order valence-corrected chi connectivity index (χ4v) is 0.811. The molecule has 0 spiro atoms. The van der Waals surface area contributed by atoms with Crippen molar-refractivity contribution in [3.05, 3.63) is 34.5 Å². The summed E-state index contributed by atoms with van der Waals surface area (Å²) < 4.78 is 0. The van der Waals surface area contributed by atoms with Crippen molar-refractivity contribution in [2.75, 3.05) is 5.33 Å². The van der Waals surface area contributed by atoms with Gasteiger partial charge >= 0.3 is 5.69 Å². The van der Waals surface area contributed by atoms with E-state index in [0.29, 0.717) is 0 Å². The van der Waals surface area contributed by atoms with Gasteiger partial charge in [0.25, 0.3) is 0 Å². The van der Waals surface area contributed by atoms with Gasteiger partial charge in [0.15, 0.2) is 0 Å². The van der Waals surface area contributed by atoms with E-state index in [2.05, 4.69) is 25.9 Å². The van der Waals surface area contributed by atoms with Crippen molar-refractivity contribution in [1.29, 1.82) is 0 Å². The predicted octanol–water partition coefficient (Wildman–Crippen LogP) is 1.18. The first kappa shape index (κ1) is 8.20.